The Morgan fingerprint density at radius 3 is 2.43 bits per heavy atom. The average molecular weight is 408 g/mol. The van der Waals surface area contributed by atoms with Crippen LogP contribution in [-0.2, 0) is 24.3 Å². The molecule has 30 heavy (non-hydrogen) atoms. The largest absolute Gasteiger partial charge is 0.352 e. The molecule has 3 N–H and O–H groups in total. The summed E-state index contributed by atoms with van der Waals surface area (Å²) in [5.41, 5.74) is 4.55. The first-order chi connectivity index (χ1) is 14.7. The third-order valence-electron chi connectivity index (χ3n) is 5.35. The summed E-state index contributed by atoms with van der Waals surface area (Å²) in [5, 5.41) is 9.25. The van der Waals surface area contributed by atoms with Crippen LogP contribution in [0.3, 0.4) is 0 Å². The van der Waals surface area contributed by atoms with Gasteiger partial charge >= 0.3 is 0 Å². The molecule has 2 aromatic rings. The van der Waals surface area contributed by atoms with Gasteiger partial charge in [-0.15, -0.1) is 0 Å². The summed E-state index contributed by atoms with van der Waals surface area (Å²) in [7, 11) is 1.71. The molecule has 6 nitrogen and oxygen atoms in total. The molecule has 0 aromatic heterocycles. The SMILES string of the molecule is CCc1cccc(NC(=O)CNC(=NC)NCc2ccc(CN3CCCC3)cc2)c1. The molecule has 3 rings (SSSR count). The zero-order chi connectivity index (χ0) is 21.2. The predicted molar refractivity (Wildman–Crippen MR) is 124 cm³/mol. The molecule has 1 aliphatic rings. The second kappa shape index (κ2) is 11.4. The smallest absolute Gasteiger partial charge is 0.243 e. The minimum atomic E-state index is -0.0996. The first-order valence-electron chi connectivity index (χ1n) is 10.8. The number of likely N-dealkylation sites (tertiary alicyclic amines) is 1. The van der Waals surface area contributed by atoms with Crippen LogP contribution in [0.1, 0.15) is 36.5 Å². The number of aryl methyl sites for hydroxylation is 1. The van der Waals surface area contributed by atoms with Crippen molar-refractivity contribution >= 4 is 17.6 Å². The van der Waals surface area contributed by atoms with E-state index in [0.717, 1.165) is 18.7 Å². The number of nitrogens with zero attached hydrogens (tertiary/aromatic N) is 2. The van der Waals surface area contributed by atoms with Gasteiger partial charge in [0.1, 0.15) is 0 Å². The number of nitrogens with one attached hydrogen (secondary N) is 3. The van der Waals surface area contributed by atoms with Gasteiger partial charge in [-0.3, -0.25) is 14.7 Å². The molecule has 1 heterocycles. The van der Waals surface area contributed by atoms with Crippen LogP contribution in [0.5, 0.6) is 0 Å². The third kappa shape index (κ3) is 6.88. The Labute approximate surface area is 179 Å². The summed E-state index contributed by atoms with van der Waals surface area (Å²) in [5.74, 6) is 0.506. The highest BCUT2D eigenvalue weighted by molar-refractivity contribution is 5.95. The van der Waals surface area contributed by atoms with Crippen LogP contribution in [-0.4, -0.2) is 43.4 Å². The average Bonchev–Trinajstić information content (AvgIpc) is 3.28. The van der Waals surface area contributed by atoms with E-state index >= 15 is 0 Å². The lowest BCUT2D eigenvalue weighted by molar-refractivity contribution is -0.115. The lowest BCUT2D eigenvalue weighted by Gasteiger charge is -2.15. The quantitative estimate of drug-likeness (QED) is 0.464. The fourth-order valence-electron chi connectivity index (χ4n) is 3.61. The molecule has 0 spiro atoms. The molecule has 1 fully saturated rings. The van der Waals surface area contributed by atoms with E-state index in [1.807, 2.05) is 18.2 Å². The van der Waals surface area contributed by atoms with Gasteiger partial charge in [-0.25, -0.2) is 0 Å². The van der Waals surface area contributed by atoms with Crippen LogP contribution in [0.15, 0.2) is 53.5 Å². The second-order valence-electron chi connectivity index (χ2n) is 7.68. The Hall–Kier alpha value is -2.86. The van der Waals surface area contributed by atoms with Crippen LogP contribution in [0.2, 0.25) is 0 Å². The van der Waals surface area contributed by atoms with Crippen molar-refractivity contribution in [2.75, 3.05) is 32.0 Å². The number of hydrogen-bond acceptors (Lipinski definition) is 3. The number of rotatable bonds is 8. The molecule has 0 atom stereocenters. The maximum atomic E-state index is 12.2. The van der Waals surface area contributed by atoms with E-state index in [1.165, 1.54) is 42.6 Å². The van der Waals surface area contributed by atoms with E-state index in [4.69, 9.17) is 0 Å². The number of amides is 1. The number of guanidine groups is 1. The zero-order valence-corrected chi connectivity index (χ0v) is 18.1. The van der Waals surface area contributed by atoms with E-state index in [-0.39, 0.29) is 12.5 Å². The number of carbonyl (C=O) groups is 1. The molecule has 1 saturated heterocycles. The molecule has 0 saturated carbocycles. The van der Waals surface area contributed by atoms with Crippen LogP contribution >= 0.6 is 0 Å². The summed E-state index contributed by atoms with van der Waals surface area (Å²) in [6, 6.07) is 16.6. The van der Waals surface area contributed by atoms with E-state index in [0.29, 0.717) is 12.5 Å². The number of aliphatic imine (C=N–C) groups is 1. The lowest BCUT2D eigenvalue weighted by Crippen LogP contribution is -2.41. The molecule has 1 aliphatic heterocycles. The van der Waals surface area contributed by atoms with E-state index < -0.39 is 0 Å². The van der Waals surface area contributed by atoms with Gasteiger partial charge in [0, 0.05) is 25.8 Å². The van der Waals surface area contributed by atoms with Gasteiger partial charge in [-0.1, -0.05) is 43.3 Å². The summed E-state index contributed by atoms with van der Waals surface area (Å²) < 4.78 is 0. The van der Waals surface area contributed by atoms with Gasteiger partial charge in [0.15, 0.2) is 5.96 Å². The topological polar surface area (TPSA) is 68.8 Å². The highest BCUT2D eigenvalue weighted by atomic mass is 16.1. The zero-order valence-electron chi connectivity index (χ0n) is 18.1. The molecule has 0 aliphatic carbocycles. The number of hydrogen-bond donors (Lipinski definition) is 3. The highest BCUT2D eigenvalue weighted by Gasteiger charge is 2.11. The predicted octanol–water partition coefficient (Wildman–Crippen LogP) is 3.15. The fourth-order valence-corrected chi connectivity index (χ4v) is 3.61. The van der Waals surface area contributed by atoms with Crippen LogP contribution in [0, 0.1) is 0 Å². The molecule has 6 heteroatoms. The molecular weight excluding hydrogens is 374 g/mol. The van der Waals surface area contributed by atoms with Crippen molar-refractivity contribution in [3.8, 4) is 0 Å². The van der Waals surface area contributed by atoms with Crippen molar-refractivity contribution in [2.45, 2.75) is 39.3 Å². The van der Waals surface area contributed by atoms with Gasteiger partial charge in [-0.05, 0) is 61.2 Å². The van der Waals surface area contributed by atoms with Crippen LogP contribution < -0.4 is 16.0 Å². The first-order valence-corrected chi connectivity index (χ1v) is 10.8. The molecule has 0 unspecified atom stereocenters. The monoisotopic (exact) mass is 407 g/mol. The molecule has 0 radical (unpaired) electrons. The van der Waals surface area contributed by atoms with Gasteiger partial charge in [0.05, 0.1) is 6.54 Å². The van der Waals surface area contributed by atoms with Crippen molar-refractivity contribution in [2.24, 2.45) is 4.99 Å². The molecular formula is C24H33N5O. The van der Waals surface area contributed by atoms with Crippen molar-refractivity contribution in [1.29, 1.82) is 0 Å². The van der Waals surface area contributed by atoms with Gasteiger partial charge < -0.3 is 16.0 Å². The van der Waals surface area contributed by atoms with Crippen molar-refractivity contribution in [1.82, 2.24) is 15.5 Å². The number of anilines is 1. The number of carbonyl (C=O) groups excluding carboxylic acids is 1. The standard InChI is InChI=1S/C24H33N5O/c1-3-19-7-6-8-22(15-19)28-23(30)17-27-24(25-2)26-16-20-9-11-21(12-10-20)18-29-13-4-5-14-29/h6-12,15H,3-5,13-14,16-18H2,1-2H3,(H,28,30)(H2,25,26,27). The summed E-state index contributed by atoms with van der Waals surface area (Å²) >= 11 is 0. The molecule has 2 aromatic carbocycles. The van der Waals surface area contributed by atoms with Crippen molar-refractivity contribution < 1.29 is 4.79 Å². The van der Waals surface area contributed by atoms with E-state index in [1.54, 1.807) is 7.05 Å². The molecule has 160 valence electrons. The van der Waals surface area contributed by atoms with Crippen LogP contribution in [0.25, 0.3) is 0 Å². The van der Waals surface area contributed by atoms with Crippen molar-refractivity contribution in [3.63, 3.8) is 0 Å². The summed E-state index contributed by atoms with van der Waals surface area (Å²) in [4.78, 5) is 18.9. The Kier molecular flexibility index (Phi) is 8.27. The lowest BCUT2D eigenvalue weighted by atomic mass is 10.1. The number of benzene rings is 2. The molecule has 0 bridgehead atoms. The fraction of sp³-hybridized carbons (Fsp3) is 0.417. The molecule has 1 amide bonds. The summed E-state index contributed by atoms with van der Waals surface area (Å²) in [6.45, 7) is 6.37. The minimum absolute atomic E-state index is 0.0996. The van der Waals surface area contributed by atoms with Gasteiger partial charge in [-0.2, -0.15) is 0 Å². The maximum Gasteiger partial charge on any atom is 0.243 e. The minimum Gasteiger partial charge on any atom is -0.352 e. The maximum absolute atomic E-state index is 12.2. The normalized spacial score (nSPS) is 14.5. The Balaban J connectivity index is 1.41. The van der Waals surface area contributed by atoms with E-state index in [9.17, 15) is 4.79 Å². The van der Waals surface area contributed by atoms with Gasteiger partial charge in [0.25, 0.3) is 0 Å². The van der Waals surface area contributed by atoms with Crippen molar-refractivity contribution in [3.05, 3.63) is 65.2 Å². The van der Waals surface area contributed by atoms with E-state index in [2.05, 4.69) is 63.1 Å². The Bertz CT molecular complexity index is 841. The Morgan fingerprint density at radius 1 is 1.00 bits per heavy atom. The second-order valence-corrected chi connectivity index (χ2v) is 7.68. The van der Waals surface area contributed by atoms with Gasteiger partial charge in [0.2, 0.25) is 5.91 Å². The summed E-state index contributed by atoms with van der Waals surface area (Å²) in [6.07, 6.45) is 3.58. The third-order valence-corrected chi connectivity index (χ3v) is 5.35. The highest BCUT2D eigenvalue weighted by Crippen LogP contribution is 2.13. The van der Waals surface area contributed by atoms with Crippen LogP contribution in [0.4, 0.5) is 5.69 Å². The Morgan fingerprint density at radius 2 is 1.73 bits per heavy atom. The first kappa shape index (κ1) is 21.8.